The van der Waals surface area contributed by atoms with Gasteiger partial charge in [0.05, 0.1) is 6.42 Å². The molecule has 1 aromatic rings. The van der Waals surface area contributed by atoms with Gasteiger partial charge in [0.15, 0.2) is 0 Å². The summed E-state index contributed by atoms with van der Waals surface area (Å²) in [6, 6.07) is 7.48. The van der Waals surface area contributed by atoms with Crippen molar-refractivity contribution in [3.8, 4) is 5.75 Å². The number of unbranched alkanes of at least 4 members (excludes halogenated alkanes) is 2. The van der Waals surface area contributed by atoms with E-state index in [1.54, 1.807) is 24.3 Å². The molecule has 0 radical (unpaired) electrons. The zero-order valence-electron chi connectivity index (χ0n) is 16.1. The molecule has 0 aliphatic carbocycles. The predicted molar refractivity (Wildman–Crippen MR) is 102 cm³/mol. The first-order chi connectivity index (χ1) is 12.4. The molecular formula is C20H32N2O4. The van der Waals surface area contributed by atoms with Crippen molar-refractivity contribution in [3.63, 3.8) is 0 Å². The molecular weight excluding hydrogens is 332 g/mol. The summed E-state index contributed by atoms with van der Waals surface area (Å²) in [4.78, 5) is 22.9. The van der Waals surface area contributed by atoms with Crippen molar-refractivity contribution in [2.45, 2.75) is 65.0 Å². The van der Waals surface area contributed by atoms with Crippen LogP contribution < -0.4 is 15.8 Å². The average molecular weight is 364 g/mol. The lowest BCUT2D eigenvalue weighted by Crippen LogP contribution is -2.38. The van der Waals surface area contributed by atoms with Crippen molar-refractivity contribution in [2.24, 2.45) is 5.73 Å². The second kappa shape index (κ2) is 12.3. The van der Waals surface area contributed by atoms with Crippen molar-refractivity contribution in [3.05, 3.63) is 29.8 Å². The molecule has 6 nitrogen and oxygen atoms in total. The monoisotopic (exact) mass is 364 g/mol. The number of hydrogen-bond acceptors (Lipinski definition) is 5. The lowest BCUT2D eigenvalue weighted by Gasteiger charge is -2.20. The number of primary amides is 1. The molecule has 0 aromatic heterocycles. The van der Waals surface area contributed by atoms with Gasteiger partial charge in [-0.25, -0.2) is 0 Å². The fourth-order valence-electron chi connectivity index (χ4n) is 2.36. The Kier molecular flexibility index (Phi) is 10.4. The topological polar surface area (TPSA) is 90.7 Å². The molecule has 0 fully saturated rings. The van der Waals surface area contributed by atoms with Gasteiger partial charge < -0.3 is 20.5 Å². The summed E-state index contributed by atoms with van der Waals surface area (Å²) in [5.41, 5.74) is 6.02. The largest absolute Gasteiger partial charge is 0.490 e. The van der Waals surface area contributed by atoms with E-state index in [1.807, 2.05) is 13.8 Å². The molecule has 1 unspecified atom stereocenters. The maximum Gasteiger partial charge on any atom is 0.306 e. The quantitative estimate of drug-likeness (QED) is 0.415. The average Bonchev–Trinajstić information content (AvgIpc) is 2.58. The number of nitrogens with one attached hydrogen (secondary N) is 1. The number of rotatable bonds is 13. The van der Waals surface area contributed by atoms with Gasteiger partial charge in [0.1, 0.15) is 18.5 Å². The smallest absolute Gasteiger partial charge is 0.306 e. The van der Waals surface area contributed by atoms with Crippen molar-refractivity contribution in [1.82, 2.24) is 5.32 Å². The van der Waals surface area contributed by atoms with Crippen LogP contribution in [0.15, 0.2) is 24.3 Å². The SMILES string of the molecule is CCCCCC(=O)OC(CNC(C)C)COc1ccc(CC(N)=O)cc1. The highest BCUT2D eigenvalue weighted by Gasteiger charge is 2.16. The summed E-state index contributed by atoms with van der Waals surface area (Å²) in [5, 5.41) is 3.28. The van der Waals surface area contributed by atoms with Crippen LogP contribution in [-0.2, 0) is 20.7 Å². The van der Waals surface area contributed by atoms with Crippen molar-refractivity contribution < 1.29 is 19.1 Å². The maximum absolute atomic E-state index is 12.0. The van der Waals surface area contributed by atoms with E-state index in [9.17, 15) is 9.59 Å². The molecule has 1 amide bonds. The van der Waals surface area contributed by atoms with Gasteiger partial charge in [0, 0.05) is 19.0 Å². The van der Waals surface area contributed by atoms with Crippen LogP contribution in [-0.4, -0.2) is 37.2 Å². The summed E-state index contributed by atoms with van der Waals surface area (Å²) in [6.07, 6.45) is 3.24. The van der Waals surface area contributed by atoms with Gasteiger partial charge in [-0.15, -0.1) is 0 Å². The number of carbonyl (C=O) groups is 2. The standard InChI is InChI=1S/C20H32N2O4/c1-4-5-6-7-20(24)26-18(13-22-15(2)3)14-25-17-10-8-16(9-11-17)12-19(21)23/h8-11,15,18,22H,4-7,12-14H2,1-3H3,(H2,21,23). The molecule has 0 aliphatic rings. The van der Waals surface area contributed by atoms with E-state index >= 15 is 0 Å². The minimum Gasteiger partial charge on any atom is -0.490 e. The van der Waals surface area contributed by atoms with Crippen LogP contribution in [0.3, 0.4) is 0 Å². The third-order valence-corrected chi connectivity index (χ3v) is 3.77. The minimum absolute atomic E-state index is 0.186. The van der Waals surface area contributed by atoms with E-state index < -0.39 is 0 Å². The number of nitrogens with two attached hydrogens (primary N) is 1. The first-order valence-electron chi connectivity index (χ1n) is 9.33. The zero-order chi connectivity index (χ0) is 19.4. The maximum atomic E-state index is 12.0. The van der Waals surface area contributed by atoms with Crippen LogP contribution in [0.5, 0.6) is 5.75 Å². The van der Waals surface area contributed by atoms with Gasteiger partial charge in [-0.2, -0.15) is 0 Å². The van der Waals surface area contributed by atoms with E-state index in [4.69, 9.17) is 15.2 Å². The van der Waals surface area contributed by atoms with Gasteiger partial charge in [0.25, 0.3) is 0 Å². The molecule has 1 rings (SSSR count). The molecule has 3 N–H and O–H groups in total. The minimum atomic E-state index is -0.367. The third kappa shape index (κ3) is 10.0. The number of amides is 1. The highest BCUT2D eigenvalue weighted by molar-refractivity contribution is 5.76. The van der Waals surface area contributed by atoms with Crippen LogP contribution >= 0.6 is 0 Å². The molecule has 1 atom stereocenters. The van der Waals surface area contributed by atoms with Crippen LogP contribution in [0.4, 0.5) is 0 Å². The molecule has 0 aliphatic heterocycles. The number of hydrogen-bond donors (Lipinski definition) is 2. The fraction of sp³-hybridized carbons (Fsp3) is 0.600. The highest BCUT2D eigenvalue weighted by Crippen LogP contribution is 2.13. The van der Waals surface area contributed by atoms with Crippen LogP contribution in [0, 0.1) is 0 Å². The normalized spacial score (nSPS) is 12.0. The van der Waals surface area contributed by atoms with Crippen molar-refractivity contribution in [1.29, 1.82) is 0 Å². The zero-order valence-corrected chi connectivity index (χ0v) is 16.1. The van der Waals surface area contributed by atoms with Crippen molar-refractivity contribution in [2.75, 3.05) is 13.2 Å². The van der Waals surface area contributed by atoms with E-state index in [0.29, 0.717) is 24.8 Å². The lowest BCUT2D eigenvalue weighted by atomic mass is 10.1. The Balaban J connectivity index is 2.52. The Morgan fingerprint density at radius 1 is 1.15 bits per heavy atom. The Morgan fingerprint density at radius 3 is 2.42 bits per heavy atom. The Morgan fingerprint density at radius 2 is 1.85 bits per heavy atom. The highest BCUT2D eigenvalue weighted by atomic mass is 16.6. The lowest BCUT2D eigenvalue weighted by molar-refractivity contribution is -0.150. The second-order valence-corrected chi connectivity index (χ2v) is 6.73. The Labute approximate surface area is 156 Å². The molecule has 0 saturated carbocycles. The van der Waals surface area contributed by atoms with Gasteiger partial charge in [0.2, 0.25) is 5.91 Å². The molecule has 26 heavy (non-hydrogen) atoms. The summed E-state index contributed by atoms with van der Waals surface area (Å²) in [6.45, 7) is 6.99. The number of benzene rings is 1. The van der Waals surface area contributed by atoms with Crippen LogP contribution in [0.1, 0.15) is 52.0 Å². The van der Waals surface area contributed by atoms with Gasteiger partial charge >= 0.3 is 5.97 Å². The summed E-state index contributed by atoms with van der Waals surface area (Å²) in [7, 11) is 0. The first kappa shape index (κ1) is 22.0. The van der Waals surface area contributed by atoms with E-state index in [1.165, 1.54) is 0 Å². The molecule has 6 heteroatoms. The summed E-state index contributed by atoms with van der Waals surface area (Å²) in [5.74, 6) is 0.109. The van der Waals surface area contributed by atoms with E-state index in [-0.39, 0.29) is 31.0 Å². The number of esters is 1. The van der Waals surface area contributed by atoms with Crippen LogP contribution in [0.25, 0.3) is 0 Å². The molecule has 0 bridgehead atoms. The van der Waals surface area contributed by atoms with E-state index in [0.717, 1.165) is 24.8 Å². The van der Waals surface area contributed by atoms with Gasteiger partial charge in [-0.1, -0.05) is 45.7 Å². The van der Waals surface area contributed by atoms with E-state index in [2.05, 4.69) is 12.2 Å². The predicted octanol–water partition coefficient (Wildman–Crippen LogP) is 2.58. The summed E-state index contributed by atoms with van der Waals surface area (Å²) >= 11 is 0. The van der Waals surface area contributed by atoms with Gasteiger partial charge in [-0.05, 0) is 24.1 Å². The third-order valence-electron chi connectivity index (χ3n) is 3.77. The second-order valence-electron chi connectivity index (χ2n) is 6.73. The Bertz CT molecular complexity index is 543. The fourth-order valence-corrected chi connectivity index (χ4v) is 2.36. The Hall–Kier alpha value is -2.08. The van der Waals surface area contributed by atoms with Gasteiger partial charge in [-0.3, -0.25) is 9.59 Å². The molecule has 146 valence electrons. The van der Waals surface area contributed by atoms with Crippen LogP contribution in [0.2, 0.25) is 0 Å². The molecule has 0 spiro atoms. The number of carbonyl (C=O) groups excluding carboxylic acids is 2. The summed E-state index contributed by atoms with van der Waals surface area (Å²) < 4.78 is 11.3. The van der Waals surface area contributed by atoms with Crippen molar-refractivity contribution >= 4 is 11.9 Å². The molecule has 1 aromatic carbocycles. The molecule has 0 heterocycles. The molecule has 0 saturated heterocycles. The first-order valence-corrected chi connectivity index (χ1v) is 9.33. The number of ether oxygens (including phenoxy) is 2.